The fourth-order valence-electron chi connectivity index (χ4n) is 5.70. The lowest BCUT2D eigenvalue weighted by Crippen LogP contribution is -2.57. The van der Waals surface area contributed by atoms with E-state index in [1.807, 2.05) is 19.1 Å². The molecule has 0 spiro atoms. The maximum Gasteiger partial charge on any atom is 0.249 e. The number of likely N-dealkylation sites (tertiary alicyclic amines) is 1. The van der Waals surface area contributed by atoms with E-state index in [1.165, 1.54) is 0 Å². The number of hydrogen-bond acceptors (Lipinski definition) is 9. The van der Waals surface area contributed by atoms with Crippen LogP contribution >= 0.6 is 0 Å². The summed E-state index contributed by atoms with van der Waals surface area (Å²) in [6.45, 7) is 4.78. The van der Waals surface area contributed by atoms with Crippen LogP contribution in [0.25, 0.3) is 0 Å². The molecule has 2 saturated heterocycles. The molecule has 2 aromatic rings. The molecule has 206 valence electrons. The van der Waals surface area contributed by atoms with Gasteiger partial charge in [-0.1, -0.05) is 0 Å². The van der Waals surface area contributed by atoms with Crippen molar-refractivity contribution in [2.24, 2.45) is 0 Å². The molecule has 3 aliphatic heterocycles. The third-order valence-corrected chi connectivity index (χ3v) is 10.3. The summed E-state index contributed by atoms with van der Waals surface area (Å²) in [5.41, 5.74) is 1.28. The van der Waals surface area contributed by atoms with E-state index in [2.05, 4.69) is 22.2 Å². The van der Waals surface area contributed by atoms with Crippen LogP contribution in [-0.2, 0) is 19.4 Å². The fraction of sp³-hybridized carbons (Fsp3) is 0.556. The van der Waals surface area contributed by atoms with E-state index in [1.54, 1.807) is 37.3 Å². The van der Waals surface area contributed by atoms with Gasteiger partial charge >= 0.3 is 0 Å². The van der Waals surface area contributed by atoms with E-state index in [-0.39, 0.29) is 22.9 Å². The normalized spacial score (nSPS) is 21.9. The summed E-state index contributed by atoms with van der Waals surface area (Å²) in [5.74, 6) is 1.87. The van der Waals surface area contributed by atoms with Gasteiger partial charge in [0.05, 0.1) is 28.6 Å². The van der Waals surface area contributed by atoms with Gasteiger partial charge in [0.2, 0.25) is 5.91 Å². The Kier molecular flexibility index (Phi) is 7.52. The van der Waals surface area contributed by atoms with E-state index in [9.17, 15) is 13.2 Å². The number of hydrogen-bond donors (Lipinski definition) is 1. The number of aromatic nitrogens is 1. The Morgan fingerprint density at radius 1 is 1.05 bits per heavy atom. The Morgan fingerprint density at radius 2 is 1.76 bits per heavy atom. The molecule has 3 aliphatic rings. The number of benzene rings is 1. The van der Waals surface area contributed by atoms with Gasteiger partial charge in [-0.3, -0.25) is 4.79 Å². The summed E-state index contributed by atoms with van der Waals surface area (Å²) >= 11 is 0. The van der Waals surface area contributed by atoms with Crippen LogP contribution < -0.4 is 19.9 Å². The first-order valence-electron chi connectivity index (χ1n) is 13.2. The number of nitrogens with one attached hydrogen (secondary N) is 1. The molecule has 0 saturated carbocycles. The van der Waals surface area contributed by atoms with Crippen LogP contribution in [0, 0.1) is 0 Å². The fourth-order valence-corrected chi connectivity index (χ4v) is 7.44. The third-order valence-electron chi connectivity index (χ3n) is 8.02. The summed E-state index contributed by atoms with van der Waals surface area (Å²) < 4.78 is 37.6. The Hall–Kier alpha value is -2.89. The summed E-state index contributed by atoms with van der Waals surface area (Å²) in [7, 11) is 1.94. The molecule has 1 atom stereocenters. The SMILES string of the molecule is COc1ccc(S(=O)(=O)C2CCOCC2)cc1Nc1ccc2c(n1)N(C1CCN(C)CC1)[C@H](C)C(=O)N2C. The molecule has 5 rings (SSSR count). The van der Waals surface area contributed by atoms with Gasteiger partial charge in [-0.25, -0.2) is 13.4 Å². The highest BCUT2D eigenvalue weighted by Crippen LogP contribution is 2.39. The lowest BCUT2D eigenvalue weighted by molar-refractivity contribution is -0.119. The molecule has 1 aromatic carbocycles. The van der Waals surface area contributed by atoms with Gasteiger partial charge in [0.15, 0.2) is 15.7 Å². The monoisotopic (exact) mass is 543 g/mol. The van der Waals surface area contributed by atoms with Gasteiger partial charge in [0, 0.05) is 26.3 Å². The first-order valence-corrected chi connectivity index (χ1v) is 14.8. The number of rotatable bonds is 6. The van der Waals surface area contributed by atoms with Crippen molar-refractivity contribution in [1.29, 1.82) is 0 Å². The number of carbonyl (C=O) groups excluding carboxylic acids is 1. The van der Waals surface area contributed by atoms with Gasteiger partial charge < -0.3 is 29.5 Å². The molecule has 11 heteroatoms. The van der Waals surface area contributed by atoms with E-state index < -0.39 is 15.1 Å². The number of methoxy groups -OCH3 is 1. The van der Waals surface area contributed by atoms with Gasteiger partial charge in [0.25, 0.3) is 0 Å². The molecular weight excluding hydrogens is 506 g/mol. The maximum atomic E-state index is 13.3. The molecule has 0 radical (unpaired) electrons. The molecule has 10 nitrogen and oxygen atoms in total. The number of carbonyl (C=O) groups is 1. The highest BCUT2D eigenvalue weighted by molar-refractivity contribution is 7.92. The van der Waals surface area contributed by atoms with Gasteiger partial charge in [-0.05, 0) is 83.1 Å². The van der Waals surface area contributed by atoms with Crippen molar-refractivity contribution in [3.8, 4) is 5.75 Å². The van der Waals surface area contributed by atoms with E-state index in [0.717, 1.165) is 37.4 Å². The second-order valence-electron chi connectivity index (χ2n) is 10.4. The second kappa shape index (κ2) is 10.7. The van der Waals surface area contributed by atoms with Crippen molar-refractivity contribution in [3.63, 3.8) is 0 Å². The number of sulfone groups is 1. The third kappa shape index (κ3) is 4.94. The lowest BCUT2D eigenvalue weighted by Gasteiger charge is -2.45. The van der Waals surface area contributed by atoms with Crippen LogP contribution in [0.5, 0.6) is 5.75 Å². The smallest absolute Gasteiger partial charge is 0.249 e. The number of likely N-dealkylation sites (N-methyl/N-ethyl adjacent to an activating group) is 1. The summed E-state index contributed by atoms with van der Waals surface area (Å²) in [6.07, 6.45) is 2.88. The lowest BCUT2D eigenvalue weighted by atomic mass is 9.99. The summed E-state index contributed by atoms with van der Waals surface area (Å²) in [5, 5.41) is 2.84. The molecule has 38 heavy (non-hydrogen) atoms. The number of fused-ring (bicyclic) bond motifs is 1. The van der Waals surface area contributed by atoms with Gasteiger partial charge in [0.1, 0.15) is 17.6 Å². The zero-order chi connectivity index (χ0) is 27.0. The van der Waals surface area contributed by atoms with Gasteiger partial charge in [-0.2, -0.15) is 0 Å². The number of amides is 1. The van der Waals surface area contributed by atoms with Crippen molar-refractivity contribution in [2.45, 2.75) is 54.8 Å². The average Bonchev–Trinajstić information content (AvgIpc) is 2.93. The quantitative estimate of drug-likeness (QED) is 0.589. The topological polar surface area (TPSA) is 104 Å². The van der Waals surface area contributed by atoms with E-state index in [4.69, 9.17) is 14.5 Å². The van der Waals surface area contributed by atoms with Crippen LogP contribution in [0.1, 0.15) is 32.6 Å². The first-order chi connectivity index (χ1) is 18.2. The standard InChI is InChI=1S/C27H37N5O5S/c1-18-27(33)31(3)23-6-8-25(29-26(23)32(18)19-9-13-30(2)14-10-19)28-22-17-21(5-7-24(22)36-4)38(34,35)20-11-15-37-16-12-20/h5-8,17-20H,9-16H2,1-4H3,(H,28,29)/t18-/m1/s1. The van der Waals surface area contributed by atoms with Crippen molar-refractivity contribution in [3.05, 3.63) is 30.3 Å². The minimum atomic E-state index is -3.52. The molecule has 0 unspecified atom stereocenters. The van der Waals surface area contributed by atoms with Crippen molar-refractivity contribution < 1.29 is 22.7 Å². The number of ether oxygens (including phenoxy) is 2. The summed E-state index contributed by atoms with van der Waals surface area (Å²) in [4.78, 5) is 24.4. The number of anilines is 4. The molecule has 1 amide bonds. The predicted octanol–water partition coefficient (Wildman–Crippen LogP) is 3.05. The van der Waals surface area contributed by atoms with Crippen LogP contribution in [0.3, 0.4) is 0 Å². The minimum absolute atomic E-state index is 0.0478. The highest BCUT2D eigenvalue weighted by Gasteiger charge is 2.39. The molecule has 2 fully saturated rings. The molecule has 1 aromatic heterocycles. The Labute approximate surface area is 224 Å². The Bertz CT molecular complexity index is 1290. The number of piperidine rings is 1. The van der Waals surface area contributed by atoms with Crippen molar-refractivity contribution >= 4 is 38.8 Å². The Morgan fingerprint density at radius 3 is 2.45 bits per heavy atom. The van der Waals surface area contributed by atoms with Crippen LogP contribution in [0.2, 0.25) is 0 Å². The largest absolute Gasteiger partial charge is 0.495 e. The van der Waals surface area contributed by atoms with Crippen LogP contribution in [0.4, 0.5) is 23.0 Å². The molecule has 4 heterocycles. The van der Waals surface area contributed by atoms with E-state index in [0.29, 0.717) is 43.3 Å². The Balaban J connectivity index is 1.48. The second-order valence-corrected chi connectivity index (χ2v) is 12.6. The minimum Gasteiger partial charge on any atom is -0.495 e. The average molecular weight is 544 g/mol. The van der Waals surface area contributed by atoms with Crippen LogP contribution in [-0.4, -0.2) is 89.1 Å². The first kappa shape index (κ1) is 26.7. The zero-order valence-corrected chi connectivity index (χ0v) is 23.3. The molecule has 1 N–H and O–H groups in total. The van der Waals surface area contributed by atoms with E-state index >= 15 is 0 Å². The highest BCUT2D eigenvalue weighted by atomic mass is 32.2. The molecule has 0 bridgehead atoms. The number of nitrogens with zero attached hydrogens (tertiary/aromatic N) is 4. The zero-order valence-electron chi connectivity index (χ0n) is 22.5. The van der Waals surface area contributed by atoms with Gasteiger partial charge in [-0.15, -0.1) is 0 Å². The maximum absolute atomic E-state index is 13.3. The van der Waals surface area contributed by atoms with Crippen molar-refractivity contribution in [2.75, 3.05) is 62.6 Å². The molecular formula is C27H37N5O5S. The van der Waals surface area contributed by atoms with Crippen molar-refractivity contribution in [1.82, 2.24) is 9.88 Å². The molecule has 0 aliphatic carbocycles. The number of pyridine rings is 1. The predicted molar refractivity (Wildman–Crippen MR) is 147 cm³/mol. The van der Waals surface area contributed by atoms with Crippen LogP contribution in [0.15, 0.2) is 35.2 Å². The summed E-state index contributed by atoms with van der Waals surface area (Å²) in [6, 6.07) is 8.48.